The number of aryl methyl sites for hydroxylation is 2. The quantitative estimate of drug-likeness (QED) is 0.899. The van der Waals surface area contributed by atoms with Crippen LogP contribution in [-0.2, 0) is 13.2 Å². The topological polar surface area (TPSA) is 21.3 Å². The summed E-state index contributed by atoms with van der Waals surface area (Å²) in [6.07, 6.45) is 0. The van der Waals surface area contributed by atoms with Crippen molar-refractivity contribution in [1.29, 1.82) is 0 Å². The van der Waals surface area contributed by atoms with Gasteiger partial charge in [0.25, 0.3) is 0 Å². The monoisotopic (exact) mass is 279 g/mol. The first-order valence-corrected chi connectivity index (χ1v) is 7.04. The molecule has 2 aromatic rings. The summed E-state index contributed by atoms with van der Waals surface area (Å²) in [6, 6.07) is 7.33. The van der Waals surface area contributed by atoms with Gasteiger partial charge in [0, 0.05) is 21.9 Å². The van der Waals surface area contributed by atoms with Crippen molar-refractivity contribution in [2.45, 2.75) is 27.0 Å². The Morgan fingerprint density at radius 2 is 2.11 bits per heavy atom. The van der Waals surface area contributed by atoms with Gasteiger partial charge in [0.15, 0.2) is 11.6 Å². The van der Waals surface area contributed by atoms with Gasteiger partial charge in [-0.15, -0.1) is 11.3 Å². The second-order valence-electron chi connectivity index (χ2n) is 4.50. The molecule has 0 amide bonds. The van der Waals surface area contributed by atoms with Gasteiger partial charge in [0.2, 0.25) is 0 Å². The smallest absolute Gasteiger partial charge is 0.167 e. The molecule has 4 heteroatoms. The van der Waals surface area contributed by atoms with Crippen molar-refractivity contribution in [2.24, 2.45) is 0 Å². The maximum atomic E-state index is 13.8. The van der Waals surface area contributed by atoms with Crippen molar-refractivity contribution >= 4 is 11.3 Å². The van der Waals surface area contributed by atoms with Gasteiger partial charge in [-0.25, -0.2) is 4.39 Å². The maximum absolute atomic E-state index is 13.8. The molecule has 19 heavy (non-hydrogen) atoms. The van der Waals surface area contributed by atoms with Crippen LogP contribution in [0.4, 0.5) is 4.39 Å². The summed E-state index contributed by atoms with van der Waals surface area (Å²) in [5.41, 5.74) is 1.73. The standard InChI is InChI=1S/C15H18FNOS/c1-10-5-4-6-14(15(10)16)18-9-12-7-13(8-17-3)19-11(12)2/h4-7,17H,8-9H2,1-3H3. The van der Waals surface area contributed by atoms with Crippen molar-refractivity contribution in [1.82, 2.24) is 5.32 Å². The molecule has 0 aliphatic heterocycles. The van der Waals surface area contributed by atoms with Crippen LogP contribution in [0.25, 0.3) is 0 Å². The molecule has 0 radical (unpaired) electrons. The average Bonchev–Trinajstić information content (AvgIpc) is 2.72. The fourth-order valence-electron chi connectivity index (χ4n) is 1.88. The van der Waals surface area contributed by atoms with E-state index >= 15 is 0 Å². The zero-order valence-corrected chi connectivity index (χ0v) is 12.2. The molecule has 1 aromatic carbocycles. The van der Waals surface area contributed by atoms with Crippen molar-refractivity contribution in [2.75, 3.05) is 7.05 Å². The lowest BCUT2D eigenvalue weighted by Gasteiger charge is -2.08. The molecular weight excluding hydrogens is 261 g/mol. The van der Waals surface area contributed by atoms with Crippen LogP contribution in [0, 0.1) is 19.7 Å². The first kappa shape index (κ1) is 14.0. The largest absolute Gasteiger partial charge is 0.486 e. The summed E-state index contributed by atoms with van der Waals surface area (Å²) in [5.74, 6) is 0.0478. The molecule has 1 aromatic heterocycles. The van der Waals surface area contributed by atoms with Crippen molar-refractivity contribution < 1.29 is 9.13 Å². The van der Waals surface area contributed by atoms with Gasteiger partial charge < -0.3 is 10.1 Å². The highest BCUT2D eigenvalue weighted by Gasteiger charge is 2.09. The molecular formula is C15H18FNOS. The number of hydrogen-bond donors (Lipinski definition) is 1. The highest BCUT2D eigenvalue weighted by Crippen LogP contribution is 2.25. The zero-order chi connectivity index (χ0) is 13.8. The van der Waals surface area contributed by atoms with Crippen molar-refractivity contribution in [3.05, 3.63) is 51.0 Å². The zero-order valence-electron chi connectivity index (χ0n) is 11.4. The van der Waals surface area contributed by atoms with Crippen LogP contribution in [0.3, 0.4) is 0 Å². The van der Waals surface area contributed by atoms with E-state index < -0.39 is 0 Å². The van der Waals surface area contributed by atoms with Crippen LogP contribution in [0.15, 0.2) is 24.3 Å². The van der Waals surface area contributed by atoms with E-state index in [4.69, 9.17) is 4.74 Å². The molecule has 0 spiro atoms. The maximum Gasteiger partial charge on any atom is 0.167 e. The number of thiophene rings is 1. The van der Waals surface area contributed by atoms with E-state index in [9.17, 15) is 4.39 Å². The van der Waals surface area contributed by atoms with Crippen LogP contribution >= 0.6 is 11.3 Å². The third-order valence-corrected chi connectivity index (χ3v) is 4.05. The molecule has 0 unspecified atom stereocenters. The Balaban J connectivity index is 2.08. The Morgan fingerprint density at radius 1 is 1.32 bits per heavy atom. The molecule has 1 N–H and O–H groups in total. The normalized spacial score (nSPS) is 10.7. The summed E-state index contributed by atoms with van der Waals surface area (Å²) in [5, 5.41) is 3.12. The molecule has 0 saturated carbocycles. The minimum absolute atomic E-state index is 0.272. The lowest BCUT2D eigenvalue weighted by atomic mass is 10.2. The first-order valence-electron chi connectivity index (χ1n) is 6.22. The summed E-state index contributed by atoms with van der Waals surface area (Å²) in [7, 11) is 1.92. The molecule has 0 aliphatic carbocycles. The Labute approximate surface area is 117 Å². The third-order valence-electron chi connectivity index (χ3n) is 2.96. The van der Waals surface area contributed by atoms with Gasteiger partial charge in [0.05, 0.1) is 0 Å². The van der Waals surface area contributed by atoms with Gasteiger partial charge in [-0.3, -0.25) is 0 Å². The summed E-state index contributed by atoms with van der Waals surface area (Å²) in [6.45, 7) is 5.06. The Morgan fingerprint density at radius 3 is 2.84 bits per heavy atom. The number of nitrogens with one attached hydrogen (secondary N) is 1. The Hall–Kier alpha value is -1.39. The summed E-state index contributed by atoms with van der Waals surface area (Å²) >= 11 is 1.75. The molecule has 1 heterocycles. The highest BCUT2D eigenvalue weighted by molar-refractivity contribution is 7.12. The molecule has 0 bridgehead atoms. The second kappa shape index (κ2) is 6.17. The number of halogens is 1. The van der Waals surface area contributed by atoms with E-state index in [0.717, 1.165) is 12.1 Å². The molecule has 0 aliphatic rings. The number of rotatable bonds is 5. The third kappa shape index (κ3) is 3.33. The Kier molecular flexibility index (Phi) is 4.56. The fraction of sp³-hybridized carbons (Fsp3) is 0.333. The van der Waals surface area contributed by atoms with E-state index in [2.05, 4.69) is 18.3 Å². The molecule has 0 saturated heterocycles. The lowest BCUT2D eigenvalue weighted by molar-refractivity contribution is 0.289. The predicted molar refractivity (Wildman–Crippen MR) is 77.3 cm³/mol. The van der Waals surface area contributed by atoms with Crippen LogP contribution in [-0.4, -0.2) is 7.05 Å². The van der Waals surface area contributed by atoms with Gasteiger partial charge in [-0.2, -0.15) is 0 Å². The average molecular weight is 279 g/mol. The number of ether oxygens (including phenoxy) is 1. The van der Waals surface area contributed by atoms with Gasteiger partial charge in [-0.05, 0) is 38.6 Å². The summed E-state index contributed by atoms with van der Waals surface area (Å²) < 4.78 is 19.4. The molecule has 2 nitrogen and oxygen atoms in total. The molecule has 0 atom stereocenters. The minimum atomic E-state index is -0.272. The second-order valence-corrected chi connectivity index (χ2v) is 5.84. The predicted octanol–water partition coefficient (Wildman–Crippen LogP) is 3.80. The van der Waals surface area contributed by atoms with Crippen LogP contribution in [0.5, 0.6) is 5.75 Å². The van der Waals surface area contributed by atoms with Gasteiger partial charge in [-0.1, -0.05) is 12.1 Å². The number of hydrogen-bond acceptors (Lipinski definition) is 3. The van der Waals surface area contributed by atoms with E-state index in [0.29, 0.717) is 17.9 Å². The van der Waals surface area contributed by atoms with Gasteiger partial charge in [0.1, 0.15) is 6.61 Å². The minimum Gasteiger partial charge on any atom is -0.486 e. The fourth-order valence-corrected chi connectivity index (χ4v) is 2.94. The van der Waals surface area contributed by atoms with Crippen LogP contribution < -0.4 is 10.1 Å². The van der Waals surface area contributed by atoms with Gasteiger partial charge >= 0.3 is 0 Å². The van der Waals surface area contributed by atoms with E-state index in [1.54, 1.807) is 36.5 Å². The highest BCUT2D eigenvalue weighted by atomic mass is 32.1. The number of benzene rings is 1. The van der Waals surface area contributed by atoms with Crippen molar-refractivity contribution in [3.63, 3.8) is 0 Å². The van der Waals surface area contributed by atoms with E-state index in [1.165, 1.54) is 9.75 Å². The van der Waals surface area contributed by atoms with Crippen LogP contribution in [0.2, 0.25) is 0 Å². The lowest BCUT2D eigenvalue weighted by Crippen LogP contribution is -2.03. The summed E-state index contributed by atoms with van der Waals surface area (Å²) in [4.78, 5) is 2.49. The molecule has 102 valence electrons. The van der Waals surface area contributed by atoms with Crippen LogP contribution in [0.1, 0.15) is 20.9 Å². The van der Waals surface area contributed by atoms with Crippen molar-refractivity contribution in [3.8, 4) is 5.75 Å². The van der Waals surface area contributed by atoms with E-state index in [-0.39, 0.29) is 5.82 Å². The first-order chi connectivity index (χ1) is 9.11. The Bertz CT molecular complexity index is 565. The molecule has 2 rings (SSSR count). The molecule has 0 fully saturated rings. The SMILES string of the molecule is CNCc1cc(COc2cccc(C)c2F)c(C)s1. The van der Waals surface area contributed by atoms with E-state index in [1.807, 2.05) is 7.05 Å².